The number of pyridine rings is 2. The van der Waals surface area contributed by atoms with Crippen molar-refractivity contribution >= 4 is 21.5 Å². The molecule has 0 saturated heterocycles. The van der Waals surface area contributed by atoms with Gasteiger partial charge in [0.25, 0.3) is 0 Å². The highest BCUT2D eigenvalue weighted by atomic mass is 14.6. The quantitative estimate of drug-likeness (QED) is 0.207. The predicted molar refractivity (Wildman–Crippen MR) is 178 cm³/mol. The van der Waals surface area contributed by atoms with E-state index < -0.39 is 0 Å². The van der Waals surface area contributed by atoms with E-state index in [1.54, 1.807) is 0 Å². The lowest BCUT2D eigenvalue weighted by molar-refractivity contribution is 1.30. The molecule has 0 radical (unpaired) electrons. The SMILES string of the molecule is [2H]c1cc(C)c(-c2cncc(-c3c4ccccc4c(-c4cncc(-c5c(C)cccc5C)c4)c4ccccc34)c2)c(C)c1. The summed E-state index contributed by atoms with van der Waals surface area (Å²) in [6, 6.07) is 32.8. The van der Waals surface area contributed by atoms with Crippen LogP contribution < -0.4 is 0 Å². The van der Waals surface area contributed by atoms with Crippen LogP contribution in [0.4, 0.5) is 0 Å². The standard InChI is InChI=1S/C40H32N2/c1-25-11-9-12-26(2)37(25)29-19-31(23-41-21-29)39-33-15-5-7-17-35(33)40(36-18-8-6-16-34(36)39)32-20-30(22-42-24-32)38-27(3)13-10-14-28(38)4/h5-24H,1-4H3/i9D. The summed E-state index contributed by atoms with van der Waals surface area (Å²) in [6.45, 7) is 8.49. The molecule has 5 aromatic carbocycles. The minimum absolute atomic E-state index is 0.534. The summed E-state index contributed by atoms with van der Waals surface area (Å²) in [5, 5.41) is 4.74. The summed E-state index contributed by atoms with van der Waals surface area (Å²) in [6.07, 6.45) is 7.89. The van der Waals surface area contributed by atoms with E-state index in [0.717, 1.165) is 38.9 Å². The van der Waals surface area contributed by atoms with E-state index >= 15 is 0 Å². The van der Waals surface area contributed by atoms with Gasteiger partial charge in [0.1, 0.15) is 0 Å². The molecule has 0 unspecified atom stereocenters. The summed E-state index contributed by atoms with van der Waals surface area (Å²) < 4.78 is 8.15. The van der Waals surface area contributed by atoms with Crippen molar-refractivity contribution in [3.8, 4) is 44.5 Å². The normalized spacial score (nSPS) is 11.7. The lowest BCUT2D eigenvalue weighted by atomic mass is 9.85. The maximum atomic E-state index is 8.15. The van der Waals surface area contributed by atoms with E-state index in [1.807, 2.05) is 36.9 Å². The van der Waals surface area contributed by atoms with Crippen molar-refractivity contribution in [3.05, 3.63) is 144 Å². The van der Waals surface area contributed by atoms with Gasteiger partial charge in [0.05, 0.1) is 1.37 Å². The molecular weight excluding hydrogens is 508 g/mol. The van der Waals surface area contributed by atoms with Crippen LogP contribution in [0, 0.1) is 27.7 Å². The average Bonchev–Trinajstić information content (AvgIpc) is 2.99. The van der Waals surface area contributed by atoms with Crippen molar-refractivity contribution in [2.24, 2.45) is 0 Å². The summed E-state index contributed by atoms with van der Waals surface area (Å²) in [5.74, 6) is 0. The molecule has 7 aromatic rings. The van der Waals surface area contributed by atoms with E-state index in [-0.39, 0.29) is 0 Å². The van der Waals surface area contributed by atoms with Gasteiger partial charge >= 0.3 is 0 Å². The van der Waals surface area contributed by atoms with Crippen LogP contribution >= 0.6 is 0 Å². The van der Waals surface area contributed by atoms with Crippen LogP contribution in [0.3, 0.4) is 0 Å². The molecule has 0 fully saturated rings. The van der Waals surface area contributed by atoms with E-state index in [2.05, 4.69) is 107 Å². The Hall–Kier alpha value is -5.08. The molecule has 0 atom stereocenters. The van der Waals surface area contributed by atoms with Gasteiger partial charge in [-0.2, -0.15) is 0 Å². The second-order valence-electron chi connectivity index (χ2n) is 11.2. The highest BCUT2D eigenvalue weighted by molar-refractivity contribution is 6.21. The first kappa shape index (κ1) is 24.7. The van der Waals surface area contributed by atoms with Crippen LogP contribution in [0.15, 0.2) is 122 Å². The minimum Gasteiger partial charge on any atom is -0.263 e. The van der Waals surface area contributed by atoms with Gasteiger partial charge in [0.2, 0.25) is 0 Å². The molecule has 0 bridgehead atoms. The Labute approximate surface area is 248 Å². The zero-order chi connectivity index (χ0) is 29.7. The first-order valence-electron chi connectivity index (χ1n) is 14.9. The van der Waals surface area contributed by atoms with Crippen molar-refractivity contribution in [1.29, 1.82) is 0 Å². The Morgan fingerprint density at radius 1 is 0.405 bits per heavy atom. The first-order valence-corrected chi connectivity index (χ1v) is 14.4. The summed E-state index contributed by atoms with van der Waals surface area (Å²) in [4.78, 5) is 9.50. The number of aryl methyl sites for hydroxylation is 4. The summed E-state index contributed by atoms with van der Waals surface area (Å²) in [7, 11) is 0. The van der Waals surface area contributed by atoms with Gasteiger partial charge in [-0.15, -0.1) is 0 Å². The number of fused-ring (bicyclic) bond motifs is 2. The van der Waals surface area contributed by atoms with Crippen LogP contribution in [0.25, 0.3) is 66.1 Å². The molecule has 0 aliphatic heterocycles. The van der Waals surface area contributed by atoms with Crippen LogP contribution in [0.1, 0.15) is 23.6 Å². The maximum absolute atomic E-state index is 8.15. The Morgan fingerprint density at radius 3 is 1.12 bits per heavy atom. The van der Waals surface area contributed by atoms with Crippen LogP contribution in [-0.4, -0.2) is 9.97 Å². The number of hydrogen-bond acceptors (Lipinski definition) is 2. The topological polar surface area (TPSA) is 25.8 Å². The molecule has 2 heteroatoms. The number of nitrogens with zero attached hydrogens (tertiary/aromatic N) is 2. The van der Waals surface area contributed by atoms with E-state index in [0.29, 0.717) is 6.04 Å². The monoisotopic (exact) mass is 541 g/mol. The molecule has 202 valence electrons. The van der Waals surface area contributed by atoms with Gasteiger partial charge in [-0.3, -0.25) is 9.97 Å². The molecular formula is C40H32N2. The highest BCUT2D eigenvalue weighted by Gasteiger charge is 2.18. The van der Waals surface area contributed by atoms with Crippen LogP contribution in [-0.2, 0) is 0 Å². The van der Waals surface area contributed by atoms with E-state index in [1.165, 1.54) is 49.4 Å². The van der Waals surface area contributed by atoms with E-state index in [4.69, 9.17) is 11.3 Å². The van der Waals surface area contributed by atoms with Crippen molar-refractivity contribution in [1.82, 2.24) is 9.97 Å². The molecule has 0 aliphatic carbocycles. The molecule has 2 heterocycles. The van der Waals surface area contributed by atoms with Gasteiger partial charge < -0.3 is 0 Å². The second kappa shape index (κ2) is 10.4. The molecule has 7 rings (SSSR count). The Morgan fingerprint density at radius 2 is 0.738 bits per heavy atom. The first-order chi connectivity index (χ1) is 20.9. The zero-order valence-electron chi connectivity index (χ0n) is 25.4. The fourth-order valence-corrected chi connectivity index (χ4v) is 6.65. The number of rotatable bonds is 4. The minimum atomic E-state index is 0.534. The smallest absolute Gasteiger partial charge is 0.0623 e. The van der Waals surface area contributed by atoms with Gasteiger partial charge in [0, 0.05) is 47.0 Å². The molecule has 2 aromatic heterocycles. The maximum Gasteiger partial charge on any atom is 0.0623 e. The number of hydrogen-bond donors (Lipinski definition) is 0. The lowest BCUT2D eigenvalue weighted by Gasteiger charge is -2.19. The van der Waals surface area contributed by atoms with Crippen molar-refractivity contribution in [2.45, 2.75) is 27.7 Å². The van der Waals surface area contributed by atoms with Crippen LogP contribution in [0.2, 0.25) is 0 Å². The lowest BCUT2D eigenvalue weighted by Crippen LogP contribution is -1.94. The van der Waals surface area contributed by atoms with Gasteiger partial charge in [-0.25, -0.2) is 0 Å². The van der Waals surface area contributed by atoms with Crippen molar-refractivity contribution < 1.29 is 1.37 Å². The largest absolute Gasteiger partial charge is 0.263 e. The third kappa shape index (κ3) is 4.28. The average molecular weight is 542 g/mol. The van der Waals surface area contributed by atoms with Gasteiger partial charge in [-0.05, 0) is 106 Å². The highest BCUT2D eigenvalue weighted by Crippen LogP contribution is 2.44. The molecule has 0 aliphatic rings. The zero-order valence-corrected chi connectivity index (χ0v) is 24.4. The third-order valence-corrected chi connectivity index (χ3v) is 8.43. The molecule has 0 N–H and O–H groups in total. The van der Waals surface area contributed by atoms with Crippen molar-refractivity contribution in [2.75, 3.05) is 0 Å². The molecule has 0 amide bonds. The predicted octanol–water partition coefficient (Wildman–Crippen LogP) is 10.7. The number of benzene rings is 5. The molecule has 0 saturated carbocycles. The second-order valence-corrected chi connectivity index (χ2v) is 11.2. The Bertz CT molecular complexity index is 2090. The summed E-state index contributed by atoms with van der Waals surface area (Å²) >= 11 is 0. The molecule has 0 spiro atoms. The third-order valence-electron chi connectivity index (χ3n) is 8.43. The van der Waals surface area contributed by atoms with Crippen molar-refractivity contribution in [3.63, 3.8) is 0 Å². The van der Waals surface area contributed by atoms with Gasteiger partial charge in [0.15, 0.2) is 0 Å². The Balaban J connectivity index is 1.50. The number of aromatic nitrogens is 2. The molecule has 2 nitrogen and oxygen atoms in total. The Kier molecular flexibility index (Phi) is 6.11. The fraction of sp³-hybridized carbons (Fsp3) is 0.100. The van der Waals surface area contributed by atoms with E-state index in [9.17, 15) is 0 Å². The van der Waals surface area contributed by atoms with Crippen LogP contribution in [0.5, 0.6) is 0 Å². The fourth-order valence-electron chi connectivity index (χ4n) is 6.65. The van der Waals surface area contributed by atoms with Gasteiger partial charge in [-0.1, -0.05) is 84.9 Å². The molecule has 42 heavy (non-hydrogen) atoms. The summed E-state index contributed by atoms with van der Waals surface area (Å²) in [5.41, 5.74) is 13.8.